The summed E-state index contributed by atoms with van der Waals surface area (Å²) in [6.07, 6.45) is 6.79. The van der Waals surface area contributed by atoms with Crippen LogP contribution in [0, 0.1) is 6.92 Å². The molecule has 0 radical (unpaired) electrons. The zero-order valence-corrected chi connectivity index (χ0v) is 20.7. The first kappa shape index (κ1) is 23.4. The molecule has 5 rings (SSSR count). The van der Waals surface area contributed by atoms with Crippen molar-refractivity contribution in [2.45, 2.75) is 37.7 Å². The first-order valence-corrected chi connectivity index (χ1v) is 13.4. The molecular formula is C29H30N2O3S. The van der Waals surface area contributed by atoms with Crippen molar-refractivity contribution < 1.29 is 13.2 Å². The highest BCUT2D eigenvalue weighted by molar-refractivity contribution is 7.89. The summed E-state index contributed by atoms with van der Waals surface area (Å²) in [6.45, 7) is 3.26. The summed E-state index contributed by atoms with van der Waals surface area (Å²) in [6, 6.07) is 23.2. The lowest BCUT2D eigenvalue weighted by molar-refractivity contribution is 0.309. The van der Waals surface area contributed by atoms with Crippen LogP contribution in [0.15, 0.2) is 95.5 Å². The van der Waals surface area contributed by atoms with E-state index in [9.17, 15) is 8.42 Å². The predicted molar refractivity (Wildman–Crippen MR) is 140 cm³/mol. The van der Waals surface area contributed by atoms with Crippen molar-refractivity contribution in [2.75, 3.05) is 13.1 Å². The van der Waals surface area contributed by atoms with Crippen LogP contribution in [-0.2, 0) is 23.1 Å². The number of allylic oxidation sites excluding steroid dienone is 1. The Balaban J connectivity index is 1.35. The molecule has 180 valence electrons. The fourth-order valence-corrected chi connectivity index (χ4v) is 5.55. The van der Waals surface area contributed by atoms with Gasteiger partial charge in [-0.2, -0.15) is 4.31 Å². The summed E-state index contributed by atoms with van der Waals surface area (Å²) in [7, 11) is -3.59. The molecule has 6 heteroatoms. The van der Waals surface area contributed by atoms with E-state index in [1.807, 2.05) is 67.7 Å². The third-order valence-electron chi connectivity index (χ3n) is 6.41. The molecule has 35 heavy (non-hydrogen) atoms. The predicted octanol–water partition coefficient (Wildman–Crippen LogP) is 6.01. The molecule has 5 nitrogen and oxygen atoms in total. The maximum Gasteiger partial charge on any atom is 0.243 e. The number of rotatable bonds is 10. The van der Waals surface area contributed by atoms with Crippen LogP contribution in [0.3, 0.4) is 0 Å². The molecule has 1 heterocycles. The Morgan fingerprint density at radius 2 is 1.74 bits per heavy atom. The summed E-state index contributed by atoms with van der Waals surface area (Å²) in [5.41, 5.74) is 5.50. The second kappa shape index (κ2) is 10.1. The number of aromatic amines is 1. The van der Waals surface area contributed by atoms with Gasteiger partial charge in [0.2, 0.25) is 10.0 Å². The topological polar surface area (TPSA) is 62.4 Å². The lowest BCUT2D eigenvalue weighted by Crippen LogP contribution is -2.33. The van der Waals surface area contributed by atoms with Crippen molar-refractivity contribution >= 4 is 20.9 Å². The molecule has 1 N–H and O–H groups in total. The highest BCUT2D eigenvalue weighted by Crippen LogP contribution is 2.30. The van der Waals surface area contributed by atoms with Gasteiger partial charge in [0, 0.05) is 24.7 Å². The Labute approximate surface area is 207 Å². The first-order valence-electron chi connectivity index (χ1n) is 12.0. The molecule has 1 aliphatic carbocycles. The van der Waals surface area contributed by atoms with E-state index in [2.05, 4.69) is 17.1 Å². The van der Waals surface area contributed by atoms with Gasteiger partial charge in [-0.3, -0.25) is 0 Å². The Kier molecular flexibility index (Phi) is 6.75. The number of nitrogens with zero attached hydrogens (tertiary/aromatic N) is 1. The zero-order valence-electron chi connectivity index (χ0n) is 19.9. The fraction of sp³-hybridized carbons (Fsp3) is 0.241. The minimum Gasteiger partial charge on any atom is -0.487 e. The standard InChI is InChI=1S/C29H30N2O3S/c1-22-10-14-26(15-11-22)35(32,33)31(18-16-23-12-13-23)19-17-25-20-30-29-27(25)8-5-9-28(29)34-21-24-6-3-2-4-7-24/h2-11,14-16,20,30H,12-13,17-19,21H2,1H3. The van der Waals surface area contributed by atoms with Crippen LogP contribution in [0.4, 0.5) is 0 Å². The minimum atomic E-state index is -3.59. The number of hydrogen-bond acceptors (Lipinski definition) is 3. The number of aryl methyl sites for hydroxylation is 1. The van der Waals surface area contributed by atoms with Crippen molar-refractivity contribution in [1.82, 2.24) is 9.29 Å². The molecule has 0 unspecified atom stereocenters. The third-order valence-corrected chi connectivity index (χ3v) is 8.29. The van der Waals surface area contributed by atoms with Crippen LogP contribution < -0.4 is 4.74 Å². The first-order chi connectivity index (χ1) is 17.0. The number of benzene rings is 3. The van der Waals surface area contributed by atoms with E-state index in [-0.39, 0.29) is 0 Å². The van der Waals surface area contributed by atoms with Crippen molar-refractivity contribution in [3.8, 4) is 5.75 Å². The van der Waals surface area contributed by atoms with E-state index in [1.54, 1.807) is 16.4 Å². The van der Waals surface area contributed by atoms with Gasteiger partial charge in [-0.25, -0.2) is 8.42 Å². The van der Waals surface area contributed by atoms with E-state index in [1.165, 1.54) is 5.57 Å². The van der Waals surface area contributed by atoms with Crippen LogP contribution in [-0.4, -0.2) is 30.8 Å². The molecule has 0 bridgehead atoms. The number of hydrogen-bond donors (Lipinski definition) is 1. The van der Waals surface area contributed by atoms with Crippen molar-refractivity contribution in [3.05, 3.63) is 107 Å². The molecule has 0 spiro atoms. The van der Waals surface area contributed by atoms with Crippen LogP contribution in [0.25, 0.3) is 10.9 Å². The quantitative estimate of drug-likeness (QED) is 0.279. The Bertz CT molecular complexity index is 1430. The summed E-state index contributed by atoms with van der Waals surface area (Å²) in [5, 5.41) is 1.06. The van der Waals surface area contributed by atoms with E-state index < -0.39 is 10.0 Å². The summed E-state index contributed by atoms with van der Waals surface area (Å²) in [5.74, 6) is 0.792. The SMILES string of the molecule is Cc1ccc(S(=O)(=O)N(CC=C2CC2)CCc2c[nH]c3c(OCc4ccccc4)cccc23)cc1. The van der Waals surface area contributed by atoms with Crippen LogP contribution in [0.2, 0.25) is 0 Å². The number of aromatic nitrogens is 1. The number of nitrogens with one attached hydrogen (secondary N) is 1. The average molecular weight is 487 g/mol. The lowest BCUT2D eigenvalue weighted by Gasteiger charge is -2.21. The number of para-hydroxylation sites is 1. The van der Waals surface area contributed by atoms with E-state index in [4.69, 9.17) is 4.74 Å². The van der Waals surface area contributed by atoms with Crippen LogP contribution >= 0.6 is 0 Å². The van der Waals surface area contributed by atoms with E-state index in [0.717, 1.165) is 46.2 Å². The maximum atomic E-state index is 13.4. The Morgan fingerprint density at radius 1 is 0.971 bits per heavy atom. The van der Waals surface area contributed by atoms with Gasteiger partial charge in [0.1, 0.15) is 12.4 Å². The van der Waals surface area contributed by atoms with Crippen LogP contribution in [0.1, 0.15) is 29.5 Å². The van der Waals surface area contributed by atoms with Gasteiger partial charge in [0.25, 0.3) is 0 Å². The van der Waals surface area contributed by atoms with Crippen molar-refractivity contribution in [2.24, 2.45) is 0 Å². The molecule has 0 atom stereocenters. The normalized spacial score (nSPS) is 13.4. The molecule has 1 aromatic heterocycles. The summed E-state index contributed by atoms with van der Waals surface area (Å²) >= 11 is 0. The summed E-state index contributed by atoms with van der Waals surface area (Å²) in [4.78, 5) is 3.69. The van der Waals surface area contributed by atoms with Crippen LogP contribution in [0.5, 0.6) is 5.75 Å². The van der Waals surface area contributed by atoms with Gasteiger partial charge in [-0.05, 0) is 55.5 Å². The third kappa shape index (κ3) is 5.50. The molecule has 0 amide bonds. The molecule has 1 fully saturated rings. The molecule has 0 aliphatic heterocycles. The largest absolute Gasteiger partial charge is 0.487 e. The Morgan fingerprint density at radius 3 is 2.49 bits per heavy atom. The highest BCUT2D eigenvalue weighted by Gasteiger charge is 2.25. The van der Waals surface area contributed by atoms with Crippen molar-refractivity contribution in [3.63, 3.8) is 0 Å². The molecule has 1 saturated carbocycles. The number of sulfonamides is 1. The van der Waals surface area contributed by atoms with E-state index >= 15 is 0 Å². The average Bonchev–Trinajstić information content (AvgIpc) is 3.61. The van der Waals surface area contributed by atoms with Gasteiger partial charge < -0.3 is 9.72 Å². The van der Waals surface area contributed by atoms with Gasteiger partial charge in [-0.1, -0.05) is 71.8 Å². The minimum absolute atomic E-state index is 0.341. The Hall–Kier alpha value is -3.35. The van der Waals surface area contributed by atoms with Gasteiger partial charge in [0.15, 0.2) is 0 Å². The number of fused-ring (bicyclic) bond motifs is 1. The van der Waals surface area contributed by atoms with Gasteiger partial charge in [0.05, 0.1) is 10.4 Å². The highest BCUT2D eigenvalue weighted by atomic mass is 32.2. The molecule has 3 aromatic carbocycles. The molecule has 4 aromatic rings. The fourth-order valence-electron chi connectivity index (χ4n) is 4.17. The molecule has 1 aliphatic rings. The smallest absolute Gasteiger partial charge is 0.243 e. The maximum absolute atomic E-state index is 13.4. The monoisotopic (exact) mass is 486 g/mol. The zero-order chi connectivity index (χ0) is 24.3. The number of ether oxygens (including phenoxy) is 1. The second-order valence-electron chi connectivity index (χ2n) is 9.06. The van der Waals surface area contributed by atoms with E-state index in [0.29, 0.717) is 31.0 Å². The van der Waals surface area contributed by atoms with Gasteiger partial charge in [-0.15, -0.1) is 0 Å². The van der Waals surface area contributed by atoms with Crippen molar-refractivity contribution in [1.29, 1.82) is 0 Å². The van der Waals surface area contributed by atoms with Gasteiger partial charge >= 0.3 is 0 Å². The molecular weight excluding hydrogens is 456 g/mol. The number of H-pyrrole nitrogens is 1. The summed E-state index contributed by atoms with van der Waals surface area (Å²) < 4.78 is 34.6. The molecule has 0 saturated heterocycles. The lowest BCUT2D eigenvalue weighted by atomic mass is 10.1. The second-order valence-corrected chi connectivity index (χ2v) is 11.0.